The second-order valence-electron chi connectivity index (χ2n) is 7.17. The molecule has 2 aromatic carbocycles. The first-order chi connectivity index (χ1) is 12.4. The van der Waals surface area contributed by atoms with Gasteiger partial charge in [0.2, 0.25) is 0 Å². The Hall–Kier alpha value is -2.93. The second-order valence-corrected chi connectivity index (χ2v) is 7.17. The number of rotatable bonds is 4. The Morgan fingerprint density at radius 3 is 2.00 bits per heavy atom. The van der Waals surface area contributed by atoms with Gasteiger partial charge in [0.15, 0.2) is 11.5 Å². The Labute approximate surface area is 155 Å². The minimum atomic E-state index is 0.287. The summed E-state index contributed by atoms with van der Waals surface area (Å²) in [6, 6.07) is 14.1. The van der Waals surface area contributed by atoms with Gasteiger partial charge in [-0.25, -0.2) is 4.85 Å². The van der Waals surface area contributed by atoms with Crippen molar-refractivity contribution in [3.63, 3.8) is 0 Å². The SMILES string of the molecule is [C-]#[N+]c1cc(C(C)C)c(-n2c(C)nnc2-c2ccccc2)c(C(C)C)c1. The van der Waals surface area contributed by atoms with E-state index in [-0.39, 0.29) is 11.8 Å². The van der Waals surface area contributed by atoms with Gasteiger partial charge in [-0.1, -0.05) is 70.2 Å². The smallest absolute Gasteiger partial charge is 0.187 e. The summed E-state index contributed by atoms with van der Waals surface area (Å²) in [6.45, 7) is 18.1. The molecule has 0 aliphatic carbocycles. The molecule has 4 heteroatoms. The van der Waals surface area contributed by atoms with E-state index in [1.807, 2.05) is 37.3 Å². The van der Waals surface area contributed by atoms with Gasteiger partial charge in [-0.3, -0.25) is 4.57 Å². The molecule has 0 bridgehead atoms. The van der Waals surface area contributed by atoms with E-state index in [4.69, 9.17) is 6.57 Å². The lowest BCUT2D eigenvalue weighted by molar-refractivity contribution is 0.800. The number of benzene rings is 2. The van der Waals surface area contributed by atoms with Crippen LogP contribution in [0.3, 0.4) is 0 Å². The molecule has 4 nitrogen and oxygen atoms in total. The van der Waals surface area contributed by atoms with Crippen molar-refractivity contribution >= 4 is 5.69 Å². The molecule has 3 rings (SSSR count). The minimum Gasteiger partial charge on any atom is -0.279 e. The Bertz CT molecular complexity index is 931. The molecule has 0 fully saturated rings. The normalized spacial score (nSPS) is 11.2. The topological polar surface area (TPSA) is 35.1 Å². The molecule has 0 aliphatic heterocycles. The van der Waals surface area contributed by atoms with E-state index in [0.717, 1.165) is 34.0 Å². The van der Waals surface area contributed by atoms with Crippen LogP contribution in [-0.2, 0) is 0 Å². The molecule has 0 aliphatic rings. The van der Waals surface area contributed by atoms with Crippen molar-refractivity contribution in [2.24, 2.45) is 0 Å². The third-order valence-electron chi connectivity index (χ3n) is 4.61. The zero-order chi connectivity index (χ0) is 18.8. The average Bonchev–Trinajstić information content (AvgIpc) is 3.02. The van der Waals surface area contributed by atoms with Crippen LogP contribution in [-0.4, -0.2) is 14.8 Å². The molecule has 26 heavy (non-hydrogen) atoms. The molecule has 0 amide bonds. The summed E-state index contributed by atoms with van der Waals surface area (Å²) in [4.78, 5) is 3.69. The summed E-state index contributed by atoms with van der Waals surface area (Å²) in [7, 11) is 0. The number of aryl methyl sites for hydroxylation is 1. The van der Waals surface area contributed by atoms with Gasteiger partial charge < -0.3 is 0 Å². The summed E-state index contributed by atoms with van der Waals surface area (Å²) in [5.41, 5.74) is 5.15. The molecule has 1 heterocycles. The lowest BCUT2D eigenvalue weighted by Gasteiger charge is -2.23. The maximum absolute atomic E-state index is 7.48. The fraction of sp³-hybridized carbons (Fsp3) is 0.318. The second kappa shape index (κ2) is 7.13. The highest BCUT2D eigenvalue weighted by Gasteiger charge is 2.22. The van der Waals surface area contributed by atoms with E-state index in [2.05, 4.69) is 59.4 Å². The van der Waals surface area contributed by atoms with Crippen LogP contribution in [0.5, 0.6) is 0 Å². The Morgan fingerprint density at radius 1 is 0.923 bits per heavy atom. The van der Waals surface area contributed by atoms with E-state index in [0.29, 0.717) is 5.69 Å². The first-order valence-corrected chi connectivity index (χ1v) is 8.97. The van der Waals surface area contributed by atoms with Gasteiger partial charge in [0.05, 0.1) is 12.3 Å². The number of hydrogen-bond acceptors (Lipinski definition) is 2. The maximum Gasteiger partial charge on any atom is 0.187 e. The van der Waals surface area contributed by atoms with Crippen LogP contribution in [0.2, 0.25) is 0 Å². The Balaban J connectivity index is 2.38. The van der Waals surface area contributed by atoms with Crippen LogP contribution in [0.4, 0.5) is 5.69 Å². The lowest BCUT2D eigenvalue weighted by atomic mass is 9.91. The van der Waals surface area contributed by atoms with Crippen LogP contribution >= 0.6 is 0 Å². The average molecular weight is 344 g/mol. The molecule has 0 N–H and O–H groups in total. The zero-order valence-corrected chi connectivity index (χ0v) is 16.0. The molecular weight excluding hydrogens is 320 g/mol. The summed E-state index contributed by atoms with van der Waals surface area (Å²) in [5.74, 6) is 2.26. The van der Waals surface area contributed by atoms with Crippen LogP contribution < -0.4 is 0 Å². The van der Waals surface area contributed by atoms with Crippen LogP contribution in [0.15, 0.2) is 42.5 Å². The van der Waals surface area contributed by atoms with Gasteiger partial charge >= 0.3 is 0 Å². The van der Waals surface area contributed by atoms with Crippen LogP contribution in [0, 0.1) is 13.5 Å². The van der Waals surface area contributed by atoms with Crippen molar-refractivity contribution in [2.75, 3.05) is 0 Å². The summed E-state index contributed by atoms with van der Waals surface area (Å²) >= 11 is 0. The van der Waals surface area contributed by atoms with E-state index in [9.17, 15) is 0 Å². The highest BCUT2D eigenvalue weighted by atomic mass is 15.3. The number of nitrogens with zero attached hydrogens (tertiary/aromatic N) is 4. The van der Waals surface area contributed by atoms with Crippen molar-refractivity contribution in [2.45, 2.75) is 46.5 Å². The molecular formula is C22H24N4. The first-order valence-electron chi connectivity index (χ1n) is 8.97. The van der Waals surface area contributed by atoms with Gasteiger partial charge in [-0.05, 0) is 29.9 Å². The van der Waals surface area contributed by atoms with E-state index in [1.165, 1.54) is 0 Å². The van der Waals surface area contributed by atoms with Gasteiger partial charge in [-0.15, -0.1) is 10.2 Å². The third kappa shape index (κ3) is 3.13. The number of hydrogen-bond donors (Lipinski definition) is 0. The van der Waals surface area contributed by atoms with Crippen molar-refractivity contribution in [3.8, 4) is 17.1 Å². The van der Waals surface area contributed by atoms with Crippen molar-refractivity contribution in [3.05, 3.63) is 70.8 Å². The number of aromatic nitrogens is 3. The fourth-order valence-electron chi connectivity index (χ4n) is 3.27. The molecule has 0 atom stereocenters. The summed E-state index contributed by atoms with van der Waals surface area (Å²) in [5, 5.41) is 8.82. The molecule has 0 saturated heterocycles. The first kappa shape index (κ1) is 17.9. The molecule has 0 unspecified atom stereocenters. The van der Waals surface area contributed by atoms with Crippen molar-refractivity contribution < 1.29 is 0 Å². The molecule has 132 valence electrons. The van der Waals surface area contributed by atoms with Crippen LogP contribution in [0.25, 0.3) is 21.9 Å². The van der Waals surface area contributed by atoms with Gasteiger partial charge in [0.25, 0.3) is 0 Å². The largest absolute Gasteiger partial charge is 0.279 e. The Kier molecular flexibility index (Phi) is 4.90. The molecule has 0 radical (unpaired) electrons. The molecule has 0 spiro atoms. The fourth-order valence-corrected chi connectivity index (χ4v) is 3.27. The van der Waals surface area contributed by atoms with Gasteiger partial charge in [0.1, 0.15) is 5.82 Å². The quantitative estimate of drug-likeness (QED) is 0.541. The zero-order valence-electron chi connectivity index (χ0n) is 16.0. The standard InChI is InChI=1S/C22H24N4/c1-14(2)19-12-18(23-6)13-20(15(3)4)21(19)26-16(5)24-25-22(26)17-10-8-7-9-11-17/h7-15H,1-5H3. The lowest BCUT2D eigenvalue weighted by Crippen LogP contribution is -2.10. The van der Waals surface area contributed by atoms with Gasteiger partial charge in [0, 0.05) is 5.56 Å². The minimum absolute atomic E-state index is 0.287. The van der Waals surface area contributed by atoms with Crippen molar-refractivity contribution in [1.29, 1.82) is 0 Å². The molecule has 1 aromatic heterocycles. The predicted molar refractivity (Wildman–Crippen MR) is 106 cm³/mol. The third-order valence-corrected chi connectivity index (χ3v) is 4.61. The highest BCUT2D eigenvalue weighted by Crippen LogP contribution is 2.37. The van der Waals surface area contributed by atoms with Crippen molar-refractivity contribution in [1.82, 2.24) is 14.8 Å². The van der Waals surface area contributed by atoms with E-state index in [1.54, 1.807) is 0 Å². The molecule has 0 saturated carbocycles. The molecule has 3 aromatic rings. The van der Waals surface area contributed by atoms with Gasteiger partial charge in [-0.2, -0.15) is 0 Å². The van der Waals surface area contributed by atoms with Crippen LogP contribution in [0.1, 0.15) is 56.5 Å². The monoisotopic (exact) mass is 344 g/mol. The highest BCUT2D eigenvalue weighted by molar-refractivity contribution is 5.66. The van der Waals surface area contributed by atoms with E-state index >= 15 is 0 Å². The summed E-state index contributed by atoms with van der Waals surface area (Å²) in [6.07, 6.45) is 0. The summed E-state index contributed by atoms with van der Waals surface area (Å²) < 4.78 is 2.15. The maximum atomic E-state index is 7.48. The predicted octanol–water partition coefficient (Wildman–Crippen LogP) is 6.04. The Morgan fingerprint density at radius 2 is 1.50 bits per heavy atom. The van der Waals surface area contributed by atoms with E-state index < -0.39 is 0 Å².